The highest BCUT2D eigenvalue weighted by Gasteiger charge is 2.53. The number of anilines is 1. The van der Waals surface area contributed by atoms with Gasteiger partial charge >= 0.3 is 0 Å². The number of carbonyl (C=O) groups excluding carboxylic acids is 1. The standard InChI is InChI=1S/C20H22N2O/c21-13-16-12-19(14-20(18(16)23)8-4-5-9-20)10-11-22(15-19)17-6-2-1-3-7-17/h1-3,6-7,12H,4-5,8-11,14-15H2/t19-/m1/s1. The van der Waals surface area contributed by atoms with Crippen LogP contribution in [0.5, 0.6) is 0 Å². The van der Waals surface area contributed by atoms with Crippen LogP contribution in [0.15, 0.2) is 42.0 Å². The molecule has 0 N–H and O–H groups in total. The molecule has 1 heterocycles. The van der Waals surface area contributed by atoms with Crippen molar-refractivity contribution in [1.82, 2.24) is 0 Å². The molecule has 2 spiro atoms. The third-order valence-corrected chi connectivity index (χ3v) is 6.06. The summed E-state index contributed by atoms with van der Waals surface area (Å²) < 4.78 is 0. The number of ketones is 1. The van der Waals surface area contributed by atoms with Crippen molar-refractivity contribution in [3.05, 3.63) is 42.0 Å². The molecule has 2 aliphatic carbocycles. The minimum Gasteiger partial charge on any atom is -0.371 e. The average Bonchev–Trinajstić information content (AvgIpc) is 3.21. The maximum atomic E-state index is 12.8. The smallest absolute Gasteiger partial charge is 0.179 e. The van der Waals surface area contributed by atoms with E-state index in [9.17, 15) is 10.1 Å². The van der Waals surface area contributed by atoms with Gasteiger partial charge in [0.25, 0.3) is 0 Å². The number of nitrogens with zero attached hydrogens (tertiary/aromatic N) is 2. The number of hydrogen-bond acceptors (Lipinski definition) is 3. The summed E-state index contributed by atoms with van der Waals surface area (Å²) in [4.78, 5) is 15.2. The van der Waals surface area contributed by atoms with Crippen molar-refractivity contribution < 1.29 is 4.79 Å². The lowest BCUT2D eigenvalue weighted by atomic mass is 9.61. The van der Waals surface area contributed by atoms with E-state index in [1.165, 1.54) is 5.69 Å². The second kappa shape index (κ2) is 5.23. The van der Waals surface area contributed by atoms with Gasteiger partial charge in [-0.15, -0.1) is 0 Å². The van der Waals surface area contributed by atoms with Crippen LogP contribution in [0.4, 0.5) is 5.69 Å². The van der Waals surface area contributed by atoms with Gasteiger partial charge in [0.1, 0.15) is 6.07 Å². The molecule has 2 fully saturated rings. The summed E-state index contributed by atoms with van der Waals surface area (Å²) in [5.41, 5.74) is 1.42. The number of hydrogen-bond donors (Lipinski definition) is 0. The first kappa shape index (κ1) is 14.5. The number of Topliss-reactive ketones (excluding diaryl/α,β-unsaturated/α-hetero) is 1. The zero-order chi connectivity index (χ0) is 15.9. The van der Waals surface area contributed by atoms with Crippen molar-refractivity contribution in [2.45, 2.75) is 38.5 Å². The first-order valence-electron chi connectivity index (χ1n) is 8.64. The number of para-hydroxylation sites is 1. The fraction of sp³-hybridized carbons (Fsp3) is 0.500. The van der Waals surface area contributed by atoms with Crippen LogP contribution in [-0.2, 0) is 4.79 Å². The Morgan fingerprint density at radius 2 is 1.83 bits per heavy atom. The average molecular weight is 306 g/mol. The van der Waals surface area contributed by atoms with Gasteiger partial charge in [-0.05, 0) is 37.8 Å². The number of nitriles is 1. The van der Waals surface area contributed by atoms with E-state index < -0.39 is 0 Å². The largest absolute Gasteiger partial charge is 0.371 e. The molecular formula is C20H22N2O. The lowest BCUT2D eigenvalue weighted by Crippen LogP contribution is -2.42. The van der Waals surface area contributed by atoms with Crippen molar-refractivity contribution >= 4 is 11.5 Å². The third kappa shape index (κ3) is 2.28. The molecule has 0 unspecified atom stereocenters. The SMILES string of the molecule is N#CC1=C[C@]2(CCN(c3ccccc3)C2)CC2(CCCC2)C1=O. The summed E-state index contributed by atoms with van der Waals surface area (Å²) in [6, 6.07) is 12.7. The molecule has 1 aromatic rings. The first-order valence-corrected chi connectivity index (χ1v) is 8.64. The summed E-state index contributed by atoms with van der Waals surface area (Å²) >= 11 is 0. The molecule has 3 aliphatic rings. The van der Waals surface area contributed by atoms with E-state index in [-0.39, 0.29) is 16.6 Å². The second-order valence-electron chi connectivity index (χ2n) is 7.53. The molecule has 0 amide bonds. The Bertz CT molecular complexity index is 694. The monoisotopic (exact) mass is 306 g/mol. The second-order valence-corrected chi connectivity index (χ2v) is 7.53. The number of carbonyl (C=O) groups is 1. The van der Waals surface area contributed by atoms with Gasteiger partial charge in [-0.1, -0.05) is 37.1 Å². The molecule has 23 heavy (non-hydrogen) atoms. The molecule has 0 aromatic heterocycles. The Balaban J connectivity index is 1.67. The van der Waals surface area contributed by atoms with Crippen LogP contribution < -0.4 is 4.90 Å². The van der Waals surface area contributed by atoms with Crippen molar-refractivity contribution in [1.29, 1.82) is 5.26 Å². The summed E-state index contributed by atoms with van der Waals surface area (Å²) in [5, 5.41) is 9.48. The van der Waals surface area contributed by atoms with Crippen LogP contribution in [0.25, 0.3) is 0 Å². The number of allylic oxidation sites excluding steroid dienone is 1. The van der Waals surface area contributed by atoms with Crippen LogP contribution in [0.2, 0.25) is 0 Å². The van der Waals surface area contributed by atoms with Gasteiger partial charge in [0.05, 0.1) is 5.57 Å². The van der Waals surface area contributed by atoms with Gasteiger partial charge in [0.2, 0.25) is 0 Å². The van der Waals surface area contributed by atoms with Crippen molar-refractivity contribution in [2.24, 2.45) is 10.8 Å². The summed E-state index contributed by atoms with van der Waals surface area (Å²) in [6.07, 6.45) is 8.19. The fourth-order valence-electron chi connectivity index (χ4n) is 5.02. The van der Waals surface area contributed by atoms with Crippen molar-refractivity contribution in [3.8, 4) is 6.07 Å². The minimum atomic E-state index is -0.244. The van der Waals surface area contributed by atoms with Crippen molar-refractivity contribution in [3.63, 3.8) is 0 Å². The Hall–Kier alpha value is -2.08. The van der Waals surface area contributed by atoms with Gasteiger partial charge in [-0.3, -0.25) is 4.79 Å². The summed E-state index contributed by atoms with van der Waals surface area (Å²) in [7, 11) is 0. The highest BCUT2D eigenvalue weighted by atomic mass is 16.1. The van der Waals surface area contributed by atoms with Gasteiger partial charge in [0.15, 0.2) is 5.78 Å². The van der Waals surface area contributed by atoms with Crippen LogP contribution in [0.1, 0.15) is 38.5 Å². The number of benzene rings is 1. The third-order valence-electron chi connectivity index (χ3n) is 6.06. The minimum absolute atomic E-state index is 0.000839. The predicted molar refractivity (Wildman–Crippen MR) is 89.9 cm³/mol. The fourth-order valence-corrected chi connectivity index (χ4v) is 5.02. The van der Waals surface area contributed by atoms with Crippen LogP contribution in [-0.4, -0.2) is 18.9 Å². The molecule has 118 valence electrons. The molecule has 0 radical (unpaired) electrons. The summed E-state index contributed by atoms with van der Waals surface area (Å²) in [6.45, 7) is 1.93. The van der Waals surface area contributed by atoms with Gasteiger partial charge < -0.3 is 4.90 Å². The van der Waals surface area contributed by atoms with Crippen LogP contribution in [0.3, 0.4) is 0 Å². The highest BCUT2D eigenvalue weighted by molar-refractivity contribution is 6.04. The normalized spacial score (nSPS) is 29.1. The summed E-state index contributed by atoms with van der Waals surface area (Å²) in [5.74, 6) is 0.126. The first-order chi connectivity index (χ1) is 11.2. The molecule has 1 saturated heterocycles. The molecular weight excluding hydrogens is 284 g/mol. The van der Waals surface area contributed by atoms with E-state index in [0.717, 1.165) is 51.6 Å². The Morgan fingerprint density at radius 1 is 1.09 bits per heavy atom. The molecule has 1 aliphatic heterocycles. The molecule has 0 bridgehead atoms. The zero-order valence-corrected chi connectivity index (χ0v) is 13.4. The molecule has 3 heteroatoms. The molecule has 3 nitrogen and oxygen atoms in total. The van der Waals surface area contributed by atoms with E-state index >= 15 is 0 Å². The van der Waals surface area contributed by atoms with Crippen molar-refractivity contribution in [2.75, 3.05) is 18.0 Å². The quantitative estimate of drug-likeness (QED) is 0.791. The van der Waals surface area contributed by atoms with E-state index in [2.05, 4.69) is 35.2 Å². The van der Waals surface area contributed by atoms with Crippen LogP contribution in [0, 0.1) is 22.2 Å². The maximum Gasteiger partial charge on any atom is 0.179 e. The number of rotatable bonds is 1. The lowest BCUT2D eigenvalue weighted by Gasteiger charge is -2.41. The predicted octanol–water partition coefficient (Wildman–Crippen LogP) is 3.87. The van der Waals surface area contributed by atoms with E-state index in [1.807, 2.05) is 12.1 Å². The van der Waals surface area contributed by atoms with E-state index in [4.69, 9.17) is 0 Å². The molecule has 1 aromatic carbocycles. The van der Waals surface area contributed by atoms with E-state index in [0.29, 0.717) is 5.57 Å². The topological polar surface area (TPSA) is 44.1 Å². The van der Waals surface area contributed by atoms with Crippen LogP contribution >= 0.6 is 0 Å². The Labute approximate surface area is 137 Å². The lowest BCUT2D eigenvalue weighted by molar-refractivity contribution is -0.126. The van der Waals surface area contributed by atoms with E-state index in [1.54, 1.807) is 0 Å². The van der Waals surface area contributed by atoms with Gasteiger partial charge in [0, 0.05) is 29.6 Å². The molecule has 1 atom stereocenters. The van der Waals surface area contributed by atoms with Gasteiger partial charge in [-0.2, -0.15) is 5.26 Å². The molecule has 1 saturated carbocycles. The Kier molecular flexibility index (Phi) is 3.30. The zero-order valence-electron chi connectivity index (χ0n) is 13.4. The molecule has 4 rings (SSSR count). The maximum absolute atomic E-state index is 12.8. The Morgan fingerprint density at radius 3 is 2.52 bits per heavy atom. The highest BCUT2D eigenvalue weighted by Crippen LogP contribution is 2.55. The van der Waals surface area contributed by atoms with Gasteiger partial charge in [-0.25, -0.2) is 0 Å².